The molecule has 2 aromatic rings. The summed E-state index contributed by atoms with van der Waals surface area (Å²) in [5.41, 5.74) is 1.78. The Labute approximate surface area is 153 Å². The number of hydrogen-bond donors (Lipinski definition) is 0. The molecule has 0 fully saturated rings. The Kier molecular flexibility index (Phi) is 7.02. The fourth-order valence-electron chi connectivity index (χ4n) is 2.78. The van der Waals surface area contributed by atoms with Gasteiger partial charge in [0.25, 0.3) is 0 Å². The van der Waals surface area contributed by atoms with Crippen LogP contribution in [0, 0.1) is 0 Å². The number of halogens is 1. The van der Waals surface area contributed by atoms with Crippen LogP contribution >= 0.6 is 11.6 Å². The van der Waals surface area contributed by atoms with Crippen LogP contribution in [0.15, 0.2) is 54.6 Å². The molecule has 25 heavy (non-hydrogen) atoms. The van der Waals surface area contributed by atoms with Crippen molar-refractivity contribution < 1.29 is 14.3 Å². The molecule has 0 spiro atoms. The zero-order valence-electron chi connectivity index (χ0n) is 14.4. The van der Waals surface area contributed by atoms with Gasteiger partial charge < -0.3 is 14.4 Å². The molecule has 0 N–H and O–H groups in total. The number of ether oxygens (including phenoxy) is 1. The van der Waals surface area contributed by atoms with E-state index in [-0.39, 0.29) is 18.2 Å². The van der Waals surface area contributed by atoms with Crippen LogP contribution in [0.2, 0.25) is 0 Å². The van der Waals surface area contributed by atoms with Crippen molar-refractivity contribution in [1.29, 1.82) is 0 Å². The highest BCUT2D eigenvalue weighted by Gasteiger charge is 2.29. The number of amides is 1. The summed E-state index contributed by atoms with van der Waals surface area (Å²) in [7, 11) is 3.30. The van der Waals surface area contributed by atoms with Gasteiger partial charge in [-0.1, -0.05) is 48.5 Å². The average Bonchev–Trinajstić information content (AvgIpc) is 2.66. The van der Waals surface area contributed by atoms with E-state index < -0.39 is 5.38 Å². The summed E-state index contributed by atoms with van der Waals surface area (Å²) in [4.78, 5) is 25.4. The molecule has 0 aliphatic heterocycles. The lowest BCUT2D eigenvalue weighted by atomic mass is 9.92. The van der Waals surface area contributed by atoms with Gasteiger partial charge in [0.15, 0.2) is 0 Å². The molecule has 5 heteroatoms. The molecular formula is C20H22ClNO3. The standard InChI is InChI=1S/C20H22ClNO3/c1-22(14-16-10-6-7-11-18(16)25-2)20(24)19(21)17(12-13-23)15-8-4-3-5-9-15/h3-11,13,17,19H,12,14H2,1-2H3. The van der Waals surface area contributed by atoms with Gasteiger partial charge >= 0.3 is 0 Å². The van der Waals surface area contributed by atoms with Gasteiger partial charge in [0.05, 0.1) is 7.11 Å². The summed E-state index contributed by atoms with van der Waals surface area (Å²) >= 11 is 6.46. The fourth-order valence-corrected chi connectivity index (χ4v) is 3.19. The van der Waals surface area contributed by atoms with E-state index in [4.69, 9.17) is 16.3 Å². The number of rotatable bonds is 8. The Morgan fingerprint density at radius 3 is 2.44 bits per heavy atom. The number of aldehydes is 1. The Morgan fingerprint density at radius 1 is 1.16 bits per heavy atom. The summed E-state index contributed by atoms with van der Waals surface area (Å²) < 4.78 is 5.32. The predicted molar refractivity (Wildman–Crippen MR) is 99.0 cm³/mol. The molecule has 0 bridgehead atoms. The summed E-state index contributed by atoms with van der Waals surface area (Å²) in [6.45, 7) is 0.384. The van der Waals surface area contributed by atoms with E-state index in [0.717, 1.165) is 23.2 Å². The Bertz CT molecular complexity index is 705. The second kappa shape index (κ2) is 9.23. The zero-order valence-corrected chi connectivity index (χ0v) is 15.1. The second-order valence-corrected chi connectivity index (χ2v) is 6.30. The van der Waals surface area contributed by atoms with Crippen LogP contribution in [0.3, 0.4) is 0 Å². The van der Waals surface area contributed by atoms with Crippen molar-refractivity contribution in [3.05, 3.63) is 65.7 Å². The molecule has 0 aromatic heterocycles. The largest absolute Gasteiger partial charge is 0.496 e. The predicted octanol–water partition coefficient (Wildman–Crippen LogP) is 3.63. The van der Waals surface area contributed by atoms with Crippen molar-refractivity contribution >= 4 is 23.8 Å². The Balaban J connectivity index is 2.15. The SMILES string of the molecule is COc1ccccc1CN(C)C(=O)C(Cl)C(CC=O)c1ccccc1. The van der Waals surface area contributed by atoms with E-state index in [1.165, 1.54) is 0 Å². The quantitative estimate of drug-likeness (QED) is 0.534. The van der Waals surface area contributed by atoms with Gasteiger partial charge in [-0.15, -0.1) is 11.6 Å². The first kappa shape index (κ1) is 19.0. The van der Waals surface area contributed by atoms with Crippen molar-refractivity contribution in [3.63, 3.8) is 0 Å². The van der Waals surface area contributed by atoms with E-state index in [0.29, 0.717) is 6.54 Å². The van der Waals surface area contributed by atoms with Crippen LogP contribution in [-0.4, -0.2) is 36.6 Å². The maximum absolute atomic E-state index is 12.8. The highest BCUT2D eigenvalue weighted by molar-refractivity contribution is 6.31. The van der Waals surface area contributed by atoms with Gasteiger partial charge in [-0.25, -0.2) is 0 Å². The van der Waals surface area contributed by atoms with Gasteiger partial charge in [0.1, 0.15) is 17.4 Å². The number of carbonyl (C=O) groups excluding carboxylic acids is 2. The van der Waals surface area contributed by atoms with Crippen molar-refractivity contribution in [1.82, 2.24) is 4.90 Å². The first-order valence-electron chi connectivity index (χ1n) is 8.08. The smallest absolute Gasteiger partial charge is 0.241 e. The van der Waals surface area contributed by atoms with E-state index in [2.05, 4.69) is 0 Å². The minimum Gasteiger partial charge on any atom is -0.496 e. The molecule has 2 aromatic carbocycles. The Hall–Kier alpha value is -2.33. The lowest BCUT2D eigenvalue weighted by Gasteiger charge is -2.26. The summed E-state index contributed by atoms with van der Waals surface area (Å²) in [5.74, 6) is 0.150. The molecule has 0 radical (unpaired) electrons. The van der Waals surface area contributed by atoms with Gasteiger partial charge in [0, 0.05) is 31.5 Å². The molecule has 2 rings (SSSR count). The molecule has 132 valence electrons. The molecule has 0 heterocycles. The van der Waals surface area contributed by atoms with Crippen LogP contribution < -0.4 is 4.74 Å². The highest BCUT2D eigenvalue weighted by atomic mass is 35.5. The van der Waals surface area contributed by atoms with E-state index >= 15 is 0 Å². The molecule has 0 aliphatic rings. The second-order valence-electron chi connectivity index (χ2n) is 5.83. The average molecular weight is 360 g/mol. The maximum Gasteiger partial charge on any atom is 0.241 e. The number of methoxy groups -OCH3 is 1. The summed E-state index contributed by atoms with van der Waals surface area (Å²) in [6.07, 6.45) is 1.01. The normalized spacial score (nSPS) is 12.9. The van der Waals surface area contributed by atoms with Gasteiger partial charge in [-0.3, -0.25) is 4.79 Å². The number of nitrogens with zero attached hydrogens (tertiary/aromatic N) is 1. The van der Waals surface area contributed by atoms with Crippen molar-refractivity contribution in [2.24, 2.45) is 0 Å². The molecule has 0 saturated carbocycles. The van der Waals surface area contributed by atoms with Gasteiger partial charge in [-0.2, -0.15) is 0 Å². The van der Waals surface area contributed by atoms with Crippen molar-refractivity contribution in [3.8, 4) is 5.75 Å². The molecule has 2 unspecified atom stereocenters. The van der Waals surface area contributed by atoms with Crippen LogP contribution in [0.5, 0.6) is 5.75 Å². The first-order chi connectivity index (χ1) is 12.1. The van der Waals surface area contributed by atoms with Gasteiger partial charge in [0.2, 0.25) is 5.91 Å². The van der Waals surface area contributed by atoms with Gasteiger partial charge in [-0.05, 0) is 11.6 Å². The van der Waals surface area contributed by atoms with Crippen molar-refractivity contribution in [2.75, 3.05) is 14.2 Å². The molecular weight excluding hydrogens is 338 g/mol. The van der Waals surface area contributed by atoms with Crippen LogP contribution in [0.1, 0.15) is 23.5 Å². The third-order valence-electron chi connectivity index (χ3n) is 4.14. The minimum absolute atomic E-state index is 0.201. The monoisotopic (exact) mass is 359 g/mol. The zero-order chi connectivity index (χ0) is 18.2. The number of benzene rings is 2. The lowest BCUT2D eigenvalue weighted by Crippen LogP contribution is -2.36. The number of hydrogen-bond acceptors (Lipinski definition) is 3. The first-order valence-corrected chi connectivity index (χ1v) is 8.51. The summed E-state index contributed by atoms with van der Waals surface area (Å²) in [5, 5.41) is -0.813. The molecule has 1 amide bonds. The van der Waals surface area contributed by atoms with E-state index in [1.807, 2.05) is 54.6 Å². The van der Waals surface area contributed by atoms with E-state index in [1.54, 1.807) is 19.1 Å². The number of alkyl halides is 1. The molecule has 0 saturated heterocycles. The maximum atomic E-state index is 12.8. The number of carbonyl (C=O) groups is 2. The summed E-state index contributed by atoms with van der Waals surface area (Å²) in [6, 6.07) is 16.9. The third kappa shape index (κ3) is 4.83. The lowest BCUT2D eigenvalue weighted by molar-refractivity contribution is -0.130. The van der Waals surface area contributed by atoms with Crippen LogP contribution in [0.4, 0.5) is 0 Å². The topological polar surface area (TPSA) is 46.6 Å². The van der Waals surface area contributed by atoms with E-state index in [9.17, 15) is 9.59 Å². The Morgan fingerprint density at radius 2 is 1.80 bits per heavy atom. The molecule has 2 atom stereocenters. The van der Waals surface area contributed by atoms with Crippen LogP contribution in [-0.2, 0) is 16.1 Å². The minimum atomic E-state index is -0.813. The number of para-hydroxylation sites is 1. The molecule has 0 aliphatic carbocycles. The van der Waals surface area contributed by atoms with Crippen molar-refractivity contribution in [2.45, 2.75) is 24.3 Å². The third-order valence-corrected chi connectivity index (χ3v) is 4.63. The molecule has 4 nitrogen and oxygen atoms in total. The fraction of sp³-hybridized carbons (Fsp3) is 0.300. The van der Waals surface area contributed by atoms with Crippen LogP contribution in [0.25, 0.3) is 0 Å². The highest BCUT2D eigenvalue weighted by Crippen LogP contribution is 2.28.